The Kier molecular flexibility index (Phi) is 7.15. The topological polar surface area (TPSA) is 41.3 Å². The van der Waals surface area contributed by atoms with Crippen LogP contribution in [-0.4, -0.2) is 39.3 Å². The molecule has 0 atom stereocenters. The van der Waals surface area contributed by atoms with E-state index in [0.717, 1.165) is 49.3 Å². The average Bonchev–Trinajstić information content (AvgIpc) is 3.04. The molecule has 4 nitrogen and oxygen atoms in total. The van der Waals surface area contributed by atoms with Crippen LogP contribution in [0.4, 0.5) is 13.2 Å². The Morgan fingerprint density at radius 1 is 1.03 bits per heavy atom. The molecule has 0 radical (unpaired) electrons. The quantitative estimate of drug-likeness (QED) is 0.652. The van der Waals surface area contributed by atoms with Gasteiger partial charge in [-0.3, -0.25) is 4.90 Å². The number of piperidine rings is 1. The minimum Gasteiger partial charge on any atom is -0.397 e. The van der Waals surface area contributed by atoms with Crippen LogP contribution in [0.5, 0.6) is 0 Å². The van der Waals surface area contributed by atoms with Crippen molar-refractivity contribution < 1.29 is 18.3 Å². The SMILES string of the molecule is CCO.Cn1c(CN2CCC(c3ccccc3C(F)(F)F)CC2)nc2ccccc21. The lowest BCUT2D eigenvalue weighted by Gasteiger charge is -2.33. The fraction of sp³-hybridized carbons (Fsp3) is 0.435. The zero-order valence-corrected chi connectivity index (χ0v) is 17.4. The molecule has 0 spiro atoms. The second-order valence-corrected chi connectivity index (χ2v) is 7.53. The Balaban J connectivity index is 0.000000806. The highest BCUT2D eigenvalue weighted by molar-refractivity contribution is 5.75. The highest BCUT2D eigenvalue weighted by Crippen LogP contribution is 2.38. The van der Waals surface area contributed by atoms with E-state index in [1.165, 1.54) is 12.1 Å². The van der Waals surface area contributed by atoms with Crippen molar-refractivity contribution in [2.75, 3.05) is 19.7 Å². The van der Waals surface area contributed by atoms with Gasteiger partial charge in [0.2, 0.25) is 0 Å². The van der Waals surface area contributed by atoms with Crippen LogP contribution in [0, 0.1) is 0 Å². The lowest BCUT2D eigenvalue weighted by molar-refractivity contribution is -0.138. The molecule has 2 heterocycles. The van der Waals surface area contributed by atoms with Gasteiger partial charge in [0.25, 0.3) is 0 Å². The van der Waals surface area contributed by atoms with Crippen molar-refractivity contribution in [2.45, 2.75) is 38.4 Å². The molecule has 1 fully saturated rings. The summed E-state index contributed by atoms with van der Waals surface area (Å²) >= 11 is 0. The number of aliphatic hydroxyl groups excluding tert-OH is 1. The van der Waals surface area contributed by atoms with Gasteiger partial charge in [0.05, 0.1) is 23.1 Å². The number of para-hydroxylation sites is 2. The van der Waals surface area contributed by atoms with Crippen molar-refractivity contribution in [2.24, 2.45) is 7.05 Å². The molecule has 7 heteroatoms. The van der Waals surface area contributed by atoms with Gasteiger partial charge in [0.15, 0.2) is 0 Å². The van der Waals surface area contributed by atoms with Gasteiger partial charge in [-0.15, -0.1) is 0 Å². The first kappa shape index (κ1) is 22.3. The number of halogens is 3. The monoisotopic (exact) mass is 419 g/mol. The molecule has 0 bridgehead atoms. The summed E-state index contributed by atoms with van der Waals surface area (Å²) in [5.74, 6) is 0.949. The molecule has 4 rings (SSSR count). The number of rotatable bonds is 3. The summed E-state index contributed by atoms with van der Waals surface area (Å²) < 4.78 is 42.0. The van der Waals surface area contributed by atoms with Gasteiger partial charge < -0.3 is 9.67 Å². The van der Waals surface area contributed by atoms with Crippen molar-refractivity contribution in [1.82, 2.24) is 14.5 Å². The summed E-state index contributed by atoms with van der Waals surface area (Å²) in [5.41, 5.74) is 2.02. The van der Waals surface area contributed by atoms with Gasteiger partial charge in [0, 0.05) is 13.7 Å². The van der Waals surface area contributed by atoms with Gasteiger partial charge in [-0.05, 0) is 62.5 Å². The molecule has 0 amide bonds. The van der Waals surface area contributed by atoms with Gasteiger partial charge in [-0.25, -0.2) is 4.98 Å². The summed E-state index contributed by atoms with van der Waals surface area (Å²) in [6.45, 7) is 4.21. The van der Waals surface area contributed by atoms with Crippen LogP contribution in [0.25, 0.3) is 11.0 Å². The van der Waals surface area contributed by atoms with Crippen LogP contribution in [0.1, 0.15) is 42.6 Å². The zero-order chi connectivity index (χ0) is 21.7. The third-order valence-electron chi connectivity index (χ3n) is 5.54. The predicted octanol–water partition coefficient (Wildman–Crippen LogP) is 4.97. The summed E-state index contributed by atoms with van der Waals surface area (Å²) in [6, 6.07) is 14.0. The fourth-order valence-electron chi connectivity index (χ4n) is 4.05. The summed E-state index contributed by atoms with van der Waals surface area (Å²) in [4.78, 5) is 6.99. The Labute approximate surface area is 175 Å². The molecule has 2 aromatic carbocycles. The number of hydrogen-bond donors (Lipinski definition) is 1. The number of nitrogens with zero attached hydrogens (tertiary/aromatic N) is 3. The van der Waals surface area contributed by atoms with Gasteiger partial charge in [-0.1, -0.05) is 30.3 Å². The first-order valence-electron chi connectivity index (χ1n) is 10.2. The van der Waals surface area contributed by atoms with Crippen LogP contribution >= 0.6 is 0 Å². The minimum atomic E-state index is -4.29. The van der Waals surface area contributed by atoms with E-state index >= 15 is 0 Å². The molecule has 0 aliphatic carbocycles. The first-order valence-corrected chi connectivity index (χ1v) is 10.2. The molecule has 0 unspecified atom stereocenters. The largest absolute Gasteiger partial charge is 0.416 e. The lowest BCUT2D eigenvalue weighted by atomic mass is 9.86. The third-order valence-corrected chi connectivity index (χ3v) is 5.54. The Morgan fingerprint density at radius 2 is 1.63 bits per heavy atom. The van der Waals surface area contributed by atoms with Crippen LogP contribution < -0.4 is 0 Å². The van der Waals surface area contributed by atoms with Crippen molar-refractivity contribution in [3.05, 3.63) is 65.5 Å². The molecule has 1 N–H and O–H groups in total. The molecule has 1 saturated heterocycles. The molecule has 30 heavy (non-hydrogen) atoms. The molecule has 1 aromatic heterocycles. The maximum atomic E-state index is 13.3. The lowest BCUT2D eigenvalue weighted by Crippen LogP contribution is -2.33. The van der Waals surface area contributed by atoms with E-state index in [1.54, 1.807) is 19.1 Å². The third kappa shape index (κ3) is 5.02. The predicted molar refractivity (Wildman–Crippen MR) is 112 cm³/mol. The van der Waals surface area contributed by atoms with E-state index in [1.807, 2.05) is 31.3 Å². The van der Waals surface area contributed by atoms with Gasteiger partial charge in [0.1, 0.15) is 5.82 Å². The van der Waals surface area contributed by atoms with Crippen LogP contribution in [0.3, 0.4) is 0 Å². The minimum absolute atomic E-state index is 0.0421. The maximum Gasteiger partial charge on any atom is 0.416 e. The number of hydrogen-bond acceptors (Lipinski definition) is 3. The molecular formula is C23H28F3N3O. The number of aliphatic hydroxyl groups is 1. The number of imidazole rings is 1. The molecule has 162 valence electrons. The summed E-state index contributed by atoms with van der Waals surface area (Å²) in [7, 11) is 2.01. The van der Waals surface area contributed by atoms with Crippen molar-refractivity contribution in [3.63, 3.8) is 0 Å². The number of likely N-dealkylation sites (tertiary alicyclic amines) is 1. The van der Waals surface area contributed by atoms with Crippen LogP contribution in [0.2, 0.25) is 0 Å². The van der Waals surface area contributed by atoms with Crippen molar-refractivity contribution >= 4 is 11.0 Å². The smallest absolute Gasteiger partial charge is 0.397 e. The van der Waals surface area contributed by atoms with Gasteiger partial charge >= 0.3 is 6.18 Å². The summed E-state index contributed by atoms with van der Waals surface area (Å²) in [6.07, 6.45) is -2.82. The van der Waals surface area contributed by atoms with Crippen LogP contribution in [0.15, 0.2) is 48.5 Å². The molecule has 1 aliphatic rings. The van der Waals surface area contributed by atoms with E-state index in [9.17, 15) is 13.2 Å². The Morgan fingerprint density at radius 3 is 2.27 bits per heavy atom. The highest BCUT2D eigenvalue weighted by atomic mass is 19.4. The molecule has 1 aliphatic heterocycles. The Bertz CT molecular complexity index is 960. The normalized spacial score (nSPS) is 15.8. The second-order valence-electron chi connectivity index (χ2n) is 7.53. The van der Waals surface area contributed by atoms with Crippen molar-refractivity contribution in [1.29, 1.82) is 0 Å². The molecule has 0 saturated carbocycles. The number of aromatic nitrogens is 2. The van der Waals surface area contributed by atoms with E-state index < -0.39 is 11.7 Å². The van der Waals surface area contributed by atoms with E-state index in [0.29, 0.717) is 5.56 Å². The standard InChI is InChI=1S/C21H22F3N3.C2H6O/c1-26-19-9-5-4-8-18(19)25-20(26)14-27-12-10-15(11-13-27)16-6-2-3-7-17(16)21(22,23)24;1-2-3/h2-9,15H,10-14H2,1H3;3H,2H2,1H3. The number of benzene rings is 2. The maximum absolute atomic E-state index is 13.3. The fourth-order valence-corrected chi connectivity index (χ4v) is 4.05. The van der Waals surface area contributed by atoms with E-state index in [2.05, 4.69) is 9.47 Å². The summed E-state index contributed by atoms with van der Waals surface area (Å²) in [5, 5.41) is 7.57. The Hall–Kier alpha value is -2.38. The van der Waals surface area contributed by atoms with Gasteiger partial charge in [-0.2, -0.15) is 13.2 Å². The van der Waals surface area contributed by atoms with Crippen LogP contribution in [-0.2, 0) is 19.8 Å². The second kappa shape index (κ2) is 9.62. The first-order chi connectivity index (χ1) is 14.3. The van der Waals surface area contributed by atoms with Crippen molar-refractivity contribution in [3.8, 4) is 0 Å². The number of fused-ring (bicyclic) bond motifs is 1. The number of aryl methyl sites for hydroxylation is 1. The number of alkyl halides is 3. The van der Waals surface area contributed by atoms with E-state index in [4.69, 9.17) is 10.1 Å². The average molecular weight is 419 g/mol. The molecule has 3 aromatic rings. The zero-order valence-electron chi connectivity index (χ0n) is 17.4. The van der Waals surface area contributed by atoms with E-state index in [-0.39, 0.29) is 12.5 Å². The molecular weight excluding hydrogens is 391 g/mol. The highest BCUT2D eigenvalue weighted by Gasteiger charge is 2.35.